The summed E-state index contributed by atoms with van der Waals surface area (Å²) in [5.41, 5.74) is 2.32. The minimum Gasteiger partial charge on any atom is -0.328 e. The summed E-state index contributed by atoms with van der Waals surface area (Å²) in [4.78, 5) is 8.76. The van der Waals surface area contributed by atoms with E-state index in [-0.39, 0.29) is 0 Å². The van der Waals surface area contributed by atoms with Gasteiger partial charge in [-0.15, -0.1) is 0 Å². The summed E-state index contributed by atoms with van der Waals surface area (Å²) in [6.07, 6.45) is 5.68. The van der Waals surface area contributed by atoms with Crippen LogP contribution in [0.4, 0.5) is 0 Å². The number of nitrogens with one attached hydrogen (secondary N) is 1. The number of aryl methyl sites for hydroxylation is 1. The fraction of sp³-hybridized carbons (Fsp3) is 0.385. The van der Waals surface area contributed by atoms with Crippen molar-refractivity contribution < 1.29 is 0 Å². The monoisotopic (exact) mass is 230 g/mol. The molecule has 4 heteroatoms. The van der Waals surface area contributed by atoms with E-state index in [0.29, 0.717) is 0 Å². The van der Waals surface area contributed by atoms with Crippen molar-refractivity contribution in [3.05, 3.63) is 47.8 Å². The van der Waals surface area contributed by atoms with Crippen molar-refractivity contribution in [3.8, 4) is 0 Å². The van der Waals surface area contributed by atoms with Gasteiger partial charge in [0.05, 0.1) is 18.8 Å². The van der Waals surface area contributed by atoms with Gasteiger partial charge in [-0.1, -0.05) is 13.0 Å². The largest absolute Gasteiger partial charge is 0.328 e. The highest BCUT2D eigenvalue weighted by Crippen LogP contribution is 2.07. The van der Waals surface area contributed by atoms with Crippen LogP contribution >= 0.6 is 0 Å². The Hall–Kier alpha value is -1.68. The number of aromatic nitrogens is 3. The summed E-state index contributed by atoms with van der Waals surface area (Å²) in [6, 6.07) is 4.05. The van der Waals surface area contributed by atoms with Gasteiger partial charge in [-0.3, -0.25) is 4.98 Å². The molecule has 0 aliphatic rings. The third kappa shape index (κ3) is 2.91. The van der Waals surface area contributed by atoms with Crippen molar-refractivity contribution in [3.63, 3.8) is 0 Å². The summed E-state index contributed by atoms with van der Waals surface area (Å²) in [7, 11) is 0. The van der Waals surface area contributed by atoms with Crippen LogP contribution in [0.1, 0.15) is 24.0 Å². The topological polar surface area (TPSA) is 42.7 Å². The highest BCUT2D eigenvalue weighted by atomic mass is 15.1. The van der Waals surface area contributed by atoms with Gasteiger partial charge in [-0.25, -0.2) is 4.98 Å². The molecule has 0 atom stereocenters. The molecule has 2 rings (SSSR count). The van der Waals surface area contributed by atoms with Crippen LogP contribution in [0.5, 0.6) is 0 Å². The SMILES string of the molecule is CCNCc1nccn1Cc1ncccc1C. The van der Waals surface area contributed by atoms with Crippen molar-refractivity contribution in [1.29, 1.82) is 0 Å². The molecule has 90 valence electrons. The Morgan fingerprint density at radius 3 is 2.94 bits per heavy atom. The van der Waals surface area contributed by atoms with Crippen LogP contribution in [0.25, 0.3) is 0 Å². The Kier molecular flexibility index (Phi) is 3.88. The van der Waals surface area contributed by atoms with Gasteiger partial charge in [0.25, 0.3) is 0 Å². The Morgan fingerprint density at radius 2 is 2.18 bits per heavy atom. The molecule has 2 aromatic heterocycles. The maximum atomic E-state index is 4.41. The van der Waals surface area contributed by atoms with Crippen LogP contribution in [-0.2, 0) is 13.1 Å². The molecule has 17 heavy (non-hydrogen) atoms. The lowest BCUT2D eigenvalue weighted by Crippen LogP contribution is -2.17. The summed E-state index contributed by atoms with van der Waals surface area (Å²) in [6.45, 7) is 6.72. The molecule has 4 nitrogen and oxygen atoms in total. The minimum absolute atomic E-state index is 0.785. The molecule has 2 aromatic rings. The van der Waals surface area contributed by atoms with Gasteiger partial charge in [0, 0.05) is 18.6 Å². The Balaban J connectivity index is 2.13. The normalized spacial score (nSPS) is 10.7. The average molecular weight is 230 g/mol. The van der Waals surface area contributed by atoms with E-state index in [1.165, 1.54) is 5.56 Å². The third-order valence-corrected chi connectivity index (χ3v) is 2.77. The first-order valence-corrected chi connectivity index (χ1v) is 5.92. The van der Waals surface area contributed by atoms with E-state index in [0.717, 1.165) is 31.2 Å². The summed E-state index contributed by atoms with van der Waals surface area (Å²) in [5, 5.41) is 3.29. The fourth-order valence-corrected chi connectivity index (χ4v) is 1.73. The Morgan fingerprint density at radius 1 is 1.29 bits per heavy atom. The molecule has 0 spiro atoms. The molecule has 0 unspecified atom stereocenters. The van der Waals surface area contributed by atoms with Gasteiger partial charge in [0.2, 0.25) is 0 Å². The second-order valence-electron chi connectivity index (χ2n) is 4.02. The van der Waals surface area contributed by atoms with Gasteiger partial charge in [-0.05, 0) is 25.1 Å². The van der Waals surface area contributed by atoms with Crippen molar-refractivity contribution >= 4 is 0 Å². The van der Waals surface area contributed by atoms with Gasteiger partial charge in [-0.2, -0.15) is 0 Å². The summed E-state index contributed by atoms with van der Waals surface area (Å²) in [5.74, 6) is 1.05. The Labute approximate surface area is 102 Å². The molecule has 0 aromatic carbocycles. The molecule has 0 radical (unpaired) electrons. The molecule has 0 aliphatic carbocycles. The second-order valence-corrected chi connectivity index (χ2v) is 4.02. The zero-order valence-electron chi connectivity index (χ0n) is 10.3. The van der Waals surface area contributed by atoms with Crippen molar-refractivity contribution in [1.82, 2.24) is 19.9 Å². The maximum Gasteiger partial charge on any atom is 0.123 e. The number of hydrogen-bond donors (Lipinski definition) is 1. The van der Waals surface area contributed by atoms with Gasteiger partial charge in [0.15, 0.2) is 0 Å². The van der Waals surface area contributed by atoms with E-state index in [9.17, 15) is 0 Å². The van der Waals surface area contributed by atoms with E-state index >= 15 is 0 Å². The standard InChI is InChI=1S/C13H18N4/c1-3-14-9-13-16-7-8-17(13)10-12-11(2)5-4-6-15-12/h4-8,14H,3,9-10H2,1-2H3. The number of hydrogen-bond acceptors (Lipinski definition) is 3. The fourth-order valence-electron chi connectivity index (χ4n) is 1.73. The zero-order valence-corrected chi connectivity index (χ0v) is 10.3. The predicted octanol–water partition coefficient (Wildman–Crippen LogP) is 1.74. The third-order valence-electron chi connectivity index (χ3n) is 2.77. The van der Waals surface area contributed by atoms with Crippen LogP contribution in [0.15, 0.2) is 30.7 Å². The van der Waals surface area contributed by atoms with E-state index in [1.807, 2.05) is 24.7 Å². The lowest BCUT2D eigenvalue weighted by Gasteiger charge is -2.09. The highest BCUT2D eigenvalue weighted by Gasteiger charge is 2.05. The van der Waals surface area contributed by atoms with Gasteiger partial charge >= 0.3 is 0 Å². The van der Waals surface area contributed by atoms with Gasteiger partial charge in [0.1, 0.15) is 5.82 Å². The molecule has 2 heterocycles. The van der Waals surface area contributed by atoms with E-state index in [2.05, 4.69) is 39.8 Å². The molecule has 0 aliphatic heterocycles. The lowest BCUT2D eigenvalue weighted by molar-refractivity contribution is 0.633. The molecular weight excluding hydrogens is 212 g/mol. The second kappa shape index (κ2) is 5.59. The zero-order chi connectivity index (χ0) is 12.1. The molecule has 0 saturated heterocycles. The predicted molar refractivity (Wildman–Crippen MR) is 67.7 cm³/mol. The van der Waals surface area contributed by atoms with Crippen LogP contribution < -0.4 is 5.32 Å². The summed E-state index contributed by atoms with van der Waals surface area (Å²) < 4.78 is 2.14. The molecule has 0 amide bonds. The molecule has 1 N–H and O–H groups in total. The molecule has 0 fully saturated rings. The van der Waals surface area contributed by atoms with Crippen LogP contribution in [0.2, 0.25) is 0 Å². The van der Waals surface area contributed by atoms with Crippen LogP contribution in [-0.4, -0.2) is 21.1 Å². The van der Waals surface area contributed by atoms with Crippen molar-refractivity contribution in [2.75, 3.05) is 6.54 Å². The number of imidazole rings is 1. The molecule has 0 bridgehead atoms. The van der Waals surface area contributed by atoms with Gasteiger partial charge < -0.3 is 9.88 Å². The first-order valence-electron chi connectivity index (χ1n) is 5.92. The van der Waals surface area contributed by atoms with Crippen molar-refractivity contribution in [2.45, 2.75) is 26.9 Å². The maximum absolute atomic E-state index is 4.41. The quantitative estimate of drug-likeness (QED) is 0.851. The van der Waals surface area contributed by atoms with Crippen LogP contribution in [0.3, 0.4) is 0 Å². The van der Waals surface area contributed by atoms with E-state index in [4.69, 9.17) is 0 Å². The van der Waals surface area contributed by atoms with E-state index < -0.39 is 0 Å². The average Bonchev–Trinajstić information content (AvgIpc) is 2.77. The number of pyridine rings is 1. The number of nitrogens with zero attached hydrogens (tertiary/aromatic N) is 3. The number of rotatable bonds is 5. The highest BCUT2D eigenvalue weighted by molar-refractivity contribution is 5.18. The summed E-state index contributed by atoms with van der Waals surface area (Å²) >= 11 is 0. The molecular formula is C13H18N4. The molecule has 0 saturated carbocycles. The lowest BCUT2D eigenvalue weighted by atomic mass is 10.2. The Bertz CT molecular complexity index is 476. The minimum atomic E-state index is 0.785. The first-order chi connectivity index (χ1) is 8.31. The van der Waals surface area contributed by atoms with Crippen LogP contribution in [0, 0.1) is 6.92 Å². The van der Waals surface area contributed by atoms with E-state index in [1.54, 1.807) is 0 Å². The smallest absolute Gasteiger partial charge is 0.123 e. The van der Waals surface area contributed by atoms with Crippen molar-refractivity contribution in [2.24, 2.45) is 0 Å². The first kappa shape index (κ1) is 11.8.